The van der Waals surface area contributed by atoms with Gasteiger partial charge in [-0.1, -0.05) is 28.1 Å². The van der Waals surface area contributed by atoms with Gasteiger partial charge in [0.25, 0.3) is 0 Å². The van der Waals surface area contributed by atoms with Crippen molar-refractivity contribution in [3.05, 3.63) is 68.9 Å². The number of aryl methyl sites for hydroxylation is 2. The molecule has 2 aromatic rings. The van der Waals surface area contributed by atoms with Crippen LogP contribution in [0.5, 0.6) is 0 Å². The van der Waals surface area contributed by atoms with Crippen molar-refractivity contribution in [2.45, 2.75) is 19.9 Å². The van der Waals surface area contributed by atoms with Crippen LogP contribution in [0.2, 0.25) is 0 Å². The molecule has 2 N–H and O–H groups in total. The predicted molar refractivity (Wildman–Crippen MR) is 76.0 cm³/mol. The van der Waals surface area contributed by atoms with Gasteiger partial charge in [-0.2, -0.15) is 0 Å². The second-order valence-electron chi connectivity index (χ2n) is 4.48. The van der Waals surface area contributed by atoms with Gasteiger partial charge < -0.3 is 5.73 Å². The summed E-state index contributed by atoms with van der Waals surface area (Å²) in [6.07, 6.45) is 0. The molecule has 0 bridgehead atoms. The van der Waals surface area contributed by atoms with Crippen LogP contribution >= 0.6 is 15.9 Å². The zero-order valence-corrected chi connectivity index (χ0v) is 12.0. The van der Waals surface area contributed by atoms with Crippen molar-refractivity contribution in [3.8, 4) is 0 Å². The highest BCUT2D eigenvalue weighted by Gasteiger charge is 2.14. The molecule has 0 radical (unpaired) electrons. The van der Waals surface area contributed by atoms with E-state index >= 15 is 0 Å². The van der Waals surface area contributed by atoms with Crippen LogP contribution < -0.4 is 5.73 Å². The molecule has 1 nitrogen and oxygen atoms in total. The first-order chi connectivity index (χ1) is 8.49. The molecular weight excluding hydrogens is 293 g/mol. The van der Waals surface area contributed by atoms with Crippen molar-refractivity contribution >= 4 is 15.9 Å². The van der Waals surface area contributed by atoms with E-state index in [1.807, 2.05) is 32.0 Å². The Kier molecular flexibility index (Phi) is 3.83. The number of halogens is 2. The van der Waals surface area contributed by atoms with Gasteiger partial charge in [0.2, 0.25) is 0 Å². The molecule has 0 saturated heterocycles. The van der Waals surface area contributed by atoms with E-state index < -0.39 is 0 Å². The largest absolute Gasteiger partial charge is 0.320 e. The summed E-state index contributed by atoms with van der Waals surface area (Å²) in [5, 5.41) is 0. The van der Waals surface area contributed by atoms with Crippen LogP contribution in [0.25, 0.3) is 0 Å². The van der Waals surface area contributed by atoms with E-state index in [1.54, 1.807) is 6.07 Å². The van der Waals surface area contributed by atoms with Crippen LogP contribution in [0.1, 0.15) is 28.3 Å². The summed E-state index contributed by atoms with van der Waals surface area (Å²) in [7, 11) is 0. The molecule has 2 aromatic carbocycles. The number of hydrogen-bond donors (Lipinski definition) is 1. The fourth-order valence-corrected chi connectivity index (χ4v) is 2.48. The van der Waals surface area contributed by atoms with Gasteiger partial charge in [-0.3, -0.25) is 0 Å². The lowest BCUT2D eigenvalue weighted by atomic mass is 9.93. The predicted octanol–water partition coefficient (Wildman–Crippen LogP) is 4.25. The van der Waals surface area contributed by atoms with Crippen LogP contribution in [-0.4, -0.2) is 0 Å². The Morgan fingerprint density at radius 1 is 1.00 bits per heavy atom. The van der Waals surface area contributed by atoms with E-state index in [9.17, 15) is 4.39 Å². The second-order valence-corrected chi connectivity index (χ2v) is 5.40. The first-order valence-corrected chi connectivity index (χ1v) is 6.56. The Balaban J connectivity index is 2.47. The molecular formula is C15H15BrFN. The standard InChI is InChI=1S/C15H15BrFN/c1-9-3-4-11(16)8-14(9)15(18)13-6-5-12(17)7-10(13)2/h3-8,15H,18H2,1-2H3. The second kappa shape index (κ2) is 5.21. The topological polar surface area (TPSA) is 26.0 Å². The van der Waals surface area contributed by atoms with E-state index in [4.69, 9.17) is 5.73 Å². The van der Waals surface area contributed by atoms with E-state index in [0.29, 0.717) is 0 Å². The van der Waals surface area contributed by atoms with Crippen LogP contribution in [0.15, 0.2) is 40.9 Å². The van der Waals surface area contributed by atoms with E-state index in [2.05, 4.69) is 15.9 Å². The molecule has 2 rings (SSSR count). The maximum Gasteiger partial charge on any atom is 0.123 e. The SMILES string of the molecule is Cc1cc(F)ccc1C(N)c1cc(Br)ccc1C. The molecule has 18 heavy (non-hydrogen) atoms. The summed E-state index contributed by atoms with van der Waals surface area (Å²) in [6.45, 7) is 3.91. The summed E-state index contributed by atoms with van der Waals surface area (Å²) < 4.78 is 14.1. The first kappa shape index (κ1) is 13.2. The fourth-order valence-electron chi connectivity index (χ4n) is 2.10. The first-order valence-electron chi connectivity index (χ1n) is 5.76. The number of benzene rings is 2. The summed E-state index contributed by atoms with van der Waals surface area (Å²) in [5.41, 5.74) is 10.3. The maximum absolute atomic E-state index is 13.1. The summed E-state index contributed by atoms with van der Waals surface area (Å²) >= 11 is 3.45. The van der Waals surface area contributed by atoms with Gasteiger partial charge in [-0.25, -0.2) is 4.39 Å². The molecule has 0 aliphatic carbocycles. The zero-order chi connectivity index (χ0) is 13.3. The van der Waals surface area contributed by atoms with Crippen LogP contribution in [0.3, 0.4) is 0 Å². The van der Waals surface area contributed by atoms with Gasteiger partial charge in [-0.05, 0) is 60.4 Å². The molecule has 1 atom stereocenters. The molecule has 0 saturated carbocycles. The molecule has 0 heterocycles. The molecule has 3 heteroatoms. The third-order valence-corrected chi connectivity index (χ3v) is 3.64. The monoisotopic (exact) mass is 307 g/mol. The van der Waals surface area contributed by atoms with Gasteiger partial charge >= 0.3 is 0 Å². The molecule has 0 amide bonds. The van der Waals surface area contributed by atoms with Crippen molar-refractivity contribution in [1.82, 2.24) is 0 Å². The summed E-state index contributed by atoms with van der Waals surface area (Å²) in [4.78, 5) is 0. The minimum absolute atomic E-state index is 0.227. The summed E-state index contributed by atoms with van der Waals surface area (Å²) in [6, 6.07) is 10.5. The molecule has 0 spiro atoms. The van der Waals surface area contributed by atoms with Crippen LogP contribution in [0.4, 0.5) is 4.39 Å². The summed E-state index contributed by atoms with van der Waals surface area (Å²) in [5.74, 6) is -0.227. The minimum Gasteiger partial charge on any atom is -0.320 e. The van der Waals surface area contributed by atoms with Gasteiger partial charge in [0, 0.05) is 4.47 Å². The highest BCUT2D eigenvalue weighted by Crippen LogP contribution is 2.27. The Hall–Kier alpha value is -1.19. The Morgan fingerprint density at radius 2 is 1.72 bits per heavy atom. The molecule has 0 aliphatic rings. The molecule has 0 aromatic heterocycles. The maximum atomic E-state index is 13.1. The van der Waals surface area contributed by atoms with Gasteiger partial charge in [-0.15, -0.1) is 0 Å². The Morgan fingerprint density at radius 3 is 2.39 bits per heavy atom. The average Bonchev–Trinajstić information content (AvgIpc) is 2.31. The van der Waals surface area contributed by atoms with Crippen LogP contribution in [-0.2, 0) is 0 Å². The average molecular weight is 308 g/mol. The van der Waals surface area contributed by atoms with Crippen molar-refractivity contribution in [1.29, 1.82) is 0 Å². The smallest absolute Gasteiger partial charge is 0.123 e. The lowest BCUT2D eigenvalue weighted by Crippen LogP contribution is -2.14. The minimum atomic E-state index is -0.233. The Bertz CT molecular complexity index is 581. The van der Waals surface area contributed by atoms with Gasteiger partial charge in [0.1, 0.15) is 5.82 Å². The fraction of sp³-hybridized carbons (Fsp3) is 0.200. The normalized spacial score (nSPS) is 12.5. The lowest BCUT2D eigenvalue weighted by Gasteiger charge is -2.18. The van der Waals surface area contributed by atoms with Crippen LogP contribution in [0, 0.1) is 19.7 Å². The molecule has 0 aliphatic heterocycles. The van der Waals surface area contributed by atoms with Crippen molar-refractivity contribution in [3.63, 3.8) is 0 Å². The van der Waals surface area contributed by atoms with Gasteiger partial charge in [0.15, 0.2) is 0 Å². The lowest BCUT2D eigenvalue weighted by molar-refractivity contribution is 0.624. The van der Waals surface area contributed by atoms with Crippen molar-refractivity contribution in [2.75, 3.05) is 0 Å². The number of hydrogen-bond acceptors (Lipinski definition) is 1. The quantitative estimate of drug-likeness (QED) is 0.881. The van der Waals surface area contributed by atoms with Crippen molar-refractivity contribution in [2.24, 2.45) is 5.73 Å². The molecule has 1 unspecified atom stereocenters. The Labute approximate surface area is 115 Å². The van der Waals surface area contributed by atoms with Gasteiger partial charge in [0.05, 0.1) is 6.04 Å². The third kappa shape index (κ3) is 2.62. The molecule has 94 valence electrons. The highest BCUT2D eigenvalue weighted by molar-refractivity contribution is 9.10. The third-order valence-electron chi connectivity index (χ3n) is 3.14. The molecule has 0 fully saturated rings. The van der Waals surface area contributed by atoms with Crippen molar-refractivity contribution < 1.29 is 4.39 Å². The number of rotatable bonds is 2. The zero-order valence-electron chi connectivity index (χ0n) is 10.4. The number of nitrogens with two attached hydrogens (primary N) is 1. The van der Waals surface area contributed by atoms with E-state index in [1.165, 1.54) is 12.1 Å². The van der Waals surface area contributed by atoms with E-state index in [-0.39, 0.29) is 11.9 Å². The highest BCUT2D eigenvalue weighted by atomic mass is 79.9. The van der Waals surface area contributed by atoms with E-state index in [0.717, 1.165) is 26.7 Å².